The fourth-order valence-corrected chi connectivity index (χ4v) is 8.75. The number of methoxy groups -OCH3 is 2. The van der Waals surface area contributed by atoms with Crippen molar-refractivity contribution in [2.75, 3.05) is 28.3 Å². The molecule has 1 aromatic heterocycles. The number of esters is 2. The molecule has 0 saturated carbocycles. The number of nitrogens with zero attached hydrogens (tertiary/aromatic N) is 3. The maximum atomic E-state index is 14.3. The minimum absolute atomic E-state index is 0.111. The Labute approximate surface area is 355 Å². The molecule has 1 aromatic carbocycles. The number of furan rings is 1. The largest absolute Gasteiger partial charge is 0.497 e. The summed E-state index contributed by atoms with van der Waals surface area (Å²) >= 11 is 0. The fourth-order valence-electron chi connectivity index (χ4n) is 8.75. The van der Waals surface area contributed by atoms with Crippen LogP contribution in [0.1, 0.15) is 92.9 Å². The van der Waals surface area contributed by atoms with Crippen molar-refractivity contribution >= 4 is 23.4 Å². The van der Waals surface area contributed by atoms with Crippen molar-refractivity contribution in [2.24, 2.45) is 33.9 Å². The van der Waals surface area contributed by atoms with Crippen LogP contribution in [0.4, 0.5) is 0 Å². The Morgan fingerprint density at radius 3 is 2.25 bits per heavy atom. The first kappa shape index (κ1) is 49.0. The molecule has 15 nitrogen and oxygen atoms in total. The maximum absolute atomic E-state index is 14.3. The van der Waals surface area contributed by atoms with E-state index >= 15 is 0 Å². The number of likely N-dealkylation sites (N-methyl/N-ethyl adjacent to an activating group) is 1. The third-order valence-corrected chi connectivity index (χ3v) is 12.5. The van der Waals surface area contributed by atoms with Crippen molar-refractivity contribution < 1.29 is 57.7 Å². The Balaban J connectivity index is 1.90. The molecule has 2 fully saturated rings. The van der Waals surface area contributed by atoms with Gasteiger partial charge in [-0.2, -0.15) is 10.2 Å². The van der Waals surface area contributed by atoms with Gasteiger partial charge in [0.25, 0.3) is 0 Å². The van der Waals surface area contributed by atoms with E-state index in [0.29, 0.717) is 34.9 Å². The highest BCUT2D eigenvalue weighted by molar-refractivity contribution is 5.97. The number of hydrogen-bond donors (Lipinski definition) is 3. The number of hydrogen-bond acceptors (Lipinski definition) is 15. The lowest BCUT2D eigenvalue weighted by atomic mass is 9.73. The molecule has 14 unspecified atom stereocenters. The zero-order chi connectivity index (χ0) is 44.7. The van der Waals surface area contributed by atoms with Crippen LogP contribution in [0.15, 0.2) is 57.3 Å². The number of carbonyl (C=O) groups excluding carboxylic acids is 2. The smallest absolute Gasteiger partial charge is 0.312 e. The molecule has 14 atom stereocenters. The molecule has 0 spiro atoms. The molecule has 0 amide bonds. The van der Waals surface area contributed by atoms with Gasteiger partial charge < -0.3 is 53.1 Å². The molecule has 336 valence electrons. The summed E-state index contributed by atoms with van der Waals surface area (Å²) < 4.78 is 42.8. The molecule has 15 heteroatoms. The molecular weight excluding hydrogens is 775 g/mol. The number of aliphatic hydroxyl groups is 3. The quantitative estimate of drug-likeness (QED) is 0.152. The van der Waals surface area contributed by atoms with Crippen LogP contribution in [0.25, 0.3) is 0 Å². The Morgan fingerprint density at radius 2 is 1.68 bits per heavy atom. The van der Waals surface area contributed by atoms with E-state index in [9.17, 15) is 24.9 Å². The van der Waals surface area contributed by atoms with Crippen LogP contribution in [0.5, 0.6) is 5.75 Å². The van der Waals surface area contributed by atoms with Crippen LogP contribution >= 0.6 is 0 Å². The van der Waals surface area contributed by atoms with Crippen LogP contribution in [0, 0.1) is 23.7 Å². The number of aliphatic hydroxyl groups excluding tert-OH is 2. The van der Waals surface area contributed by atoms with E-state index in [1.807, 2.05) is 46.7 Å². The van der Waals surface area contributed by atoms with Gasteiger partial charge in [0.05, 0.1) is 49.6 Å². The Bertz CT molecular complexity index is 1750. The van der Waals surface area contributed by atoms with Gasteiger partial charge in [0.2, 0.25) is 0 Å². The highest BCUT2D eigenvalue weighted by atomic mass is 16.7. The molecule has 2 aromatic rings. The summed E-state index contributed by atoms with van der Waals surface area (Å²) in [4.78, 5) is 30.2. The van der Waals surface area contributed by atoms with Crippen molar-refractivity contribution in [1.82, 2.24) is 4.90 Å². The SMILES string of the molecule is CCC1OC(=O)C(C)C(OC(=O)Cc2ccc(OC)cc2)C(C)C(OC2OC(C)CC(N(C)C)C2O)C(C)(OC)CC(C)C(=NN=C(C)c2ccco2)C(C)C(O)C1(C)O. The molecule has 2 aliphatic heterocycles. The van der Waals surface area contributed by atoms with Crippen LogP contribution in [0.3, 0.4) is 0 Å². The Morgan fingerprint density at radius 1 is 1.02 bits per heavy atom. The third-order valence-electron chi connectivity index (χ3n) is 12.5. The molecule has 0 radical (unpaired) electrons. The van der Waals surface area contributed by atoms with E-state index in [0.717, 1.165) is 0 Å². The zero-order valence-corrected chi connectivity index (χ0v) is 37.7. The van der Waals surface area contributed by atoms with E-state index in [2.05, 4.69) is 5.10 Å². The molecule has 2 aliphatic rings. The van der Waals surface area contributed by atoms with Gasteiger partial charge in [-0.3, -0.25) is 9.59 Å². The summed E-state index contributed by atoms with van der Waals surface area (Å²) in [6, 6.07) is 10.2. The van der Waals surface area contributed by atoms with Gasteiger partial charge in [-0.05, 0) is 104 Å². The van der Waals surface area contributed by atoms with Gasteiger partial charge in [-0.25, -0.2) is 0 Å². The van der Waals surface area contributed by atoms with Crippen LogP contribution in [0.2, 0.25) is 0 Å². The zero-order valence-electron chi connectivity index (χ0n) is 37.7. The molecule has 2 saturated heterocycles. The summed E-state index contributed by atoms with van der Waals surface area (Å²) in [6.07, 6.45) is -5.00. The summed E-state index contributed by atoms with van der Waals surface area (Å²) in [6.45, 7) is 15.7. The number of benzene rings is 1. The summed E-state index contributed by atoms with van der Waals surface area (Å²) in [5.41, 5.74) is -1.64. The molecule has 0 aliphatic carbocycles. The van der Waals surface area contributed by atoms with E-state index in [-0.39, 0.29) is 31.4 Å². The monoisotopic (exact) mass is 843 g/mol. The van der Waals surface area contributed by atoms with Gasteiger partial charge in [0, 0.05) is 30.7 Å². The average molecular weight is 844 g/mol. The molecular formula is C45H69N3O12. The second-order valence-corrected chi connectivity index (χ2v) is 17.4. The van der Waals surface area contributed by atoms with E-state index < -0.39 is 83.6 Å². The second-order valence-electron chi connectivity index (χ2n) is 17.4. The number of rotatable bonds is 11. The van der Waals surface area contributed by atoms with Crippen LogP contribution < -0.4 is 4.74 Å². The van der Waals surface area contributed by atoms with Gasteiger partial charge >= 0.3 is 11.9 Å². The van der Waals surface area contributed by atoms with Crippen molar-refractivity contribution in [3.63, 3.8) is 0 Å². The molecule has 60 heavy (non-hydrogen) atoms. The lowest BCUT2D eigenvalue weighted by Gasteiger charge is -2.48. The van der Waals surface area contributed by atoms with Crippen molar-refractivity contribution in [1.29, 1.82) is 0 Å². The third kappa shape index (κ3) is 11.4. The predicted octanol–water partition coefficient (Wildman–Crippen LogP) is 5.21. The van der Waals surface area contributed by atoms with E-state index in [1.54, 1.807) is 71.2 Å². The normalized spacial score (nSPS) is 37.0. The van der Waals surface area contributed by atoms with Gasteiger partial charge in [-0.1, -0.05) is 39.8 Å². The highest BCUT2D eigenvalue weighted by Gasteiger charge is 2.52. The topological polar surface area (TPSA) is 191 Å². The van der Waals surface area contributed by atoms with Crippen LogP contribution in [-0.2, 0) is 39.7 Å². The van der Waals surface area contributed by atoms with Gasteiger partial charge in [0.15, 0.2) is 6.29 Å². The Hall–Kier alpha value is -3.70. The summed E-state index contributed by atoms with van der Waals surface area (Å²) in [7, 11) is 6.86. The molecule has 4 rings (SSSR count). The number of ether oxygens (including phenoxy) is 6. The number of carbonyl (C=O) groups is 2. The molecule has 3 heterocycles. The molecule has 0 bridgehead atoms. The average Bonchev–Trinajstić information content (AvgIpc) is 3.76. The van der Waals surface area contributed by atoms with Crippen molar-refractivity contribution in [3.8, 4) is 5.75 Å². The van der Waals surface area contributed by atoms with Crippen molar-refractivity contribution in [3.05, 3.63) is 54.0 Å². The number of cyclic esters (lactones) is 1. The highest BCUT2D eigenvalue weighted by Crippen LogP contribution is 2.40. The maximum Gasteiger partial charge on any atom is 0.312 e. The minimum Gasteiger partial charge on any atom is -0.497 e. The standard InChI is InChI=1S/C45H69N3O12/c1-14-35-45(9,53)40(51)27(4)37(47-46-30(7)34-16-15-21-56-34)25(2)24-44(8,55-13)41(60-43-38(50)33(48(10)11)22-26(3)57-43)28(5)39(29(6)42(52)58-35)59-36(49)23-31-17-19-32(54-12)20-18-31/h15-21,25-29,33,35,38-41,43,50-51,53H,14,22-24H2,1-13H3. The van der Waals surface area contributed by atoms with Gasteiger partial charge in [-0.15, -0.1) is 0 Å². The van der Waals surface area contributed by atoms with Gasteiger partial charge in [0.1, 0.15) is 41.1 Å². The van der Waals surface area contributed by atoms with E-state index in [4.69, 9.17) is 37.9 Å². The van der Waals surface area contributed by atoms with Crippen LogP contribution in [-0.4, -0.2) is 132 Å². The minimum atomic E-state index is -1.95. The Kier molecular flexibility index (Phi) is 17.1. The van der Waals surface area contributed by atoms with Crippen molar-refractivity contribution in [2.45, 2.75) is 148 Å². The second kappa shape index (κ2) is 20.9. The first-order valence-electron chi connectivity index (χ1n) is 21.0. The van der Waals surface area contributed by atoms with E-state index in [1.165, 1.54) is 20.3 Å². The lowest BCUT2D eigenvalue weighted by Crippen LogP contribution is -2.60. The summed E-state index contributed by atoms with van der Waals surface area (Å²) in [5.74, 6) is -3.45. The first-order valence-corrected chi connectivity index (χ1v) is 21.0. The lowest BCUT2D eigenvalue weighted by molar-refractivity contribution is -0.301. The fraction of sp³-hybridized carbons (Fsp3) is 0.689. The first-order chi connectivity index (χ1) is 28.2. The summed E-state index contributed by atoms with van der Waals surface area (Å²) in [5, 5.41) is 45.0. The predicted molar refractivity (Wildman–Crippen MR) is 226 cm³/mol. The molecule has 3 N–H and O–H groups in total.